The first-order valence-corrected chi connectivity index (χ1v) is 4.71. The van der Waals surface area contributed by atoms with Gasteiger partial charge in [0.2, 0.25) is 0 Å². The number of nitrogens with one attached hydrogen (secondary N) is 1. The fraction of sp³-hybridized carbons (Fsp3) is 1.00. The van der Waals surface area contributed by atoms with Gasteiger partial charge in [-0.15, -0.1) is 0 Å². The molecule has 1 aliphatic rings. The Labute approximate surface area is 72.0 Å². The average molecular weight is 156 g/mol. The number of hydrogen-bond acceptors (Lipinski definition) is 1. The summed E-state index contributed by atoms with van der Waals surface area (Å²) in [6, 6.07) is 0. The van der Waals surface area contributed by atoms with Crippen molar-refractivity contribution in [2.24, 2.45) is 11.3 Å². The second-order valence-corrected chi connectivity index (χ2v) is 4.88. The van der Waals surface area contributed by atoms with Crippen LogP contribution in [0.1, 0.15) is 40.0 Å². The molecule has 1 aliphatic heterocycles. The first kappa shape index (κ1) is 7.60. The van der Waals surface area contributed by atoms with Gasteiger partial charge in [0.25, 0.3) is 0 Å². The van der Waals surface area contributed by atoms with E-state index >= 15 is 0 Å². The fourth-order valence-electron chi connectivity index (χ4n) is 1.87. The zero-order chi connectivity index (χ0) is 9.19. The van der Waals surface area contributed by atoms with Gasteiger partial charge in [-0.3, -0.25) is 0 Å². The number of hydrogen-bond donors (Lipinski definition) is 1. The first-order chi connectivity index (χ1) is 5.47. The maximum atomic E-state index is 7.43. The van der Waals surface area contributed by atoms with Crippen molar-refractivity contribution in [2.45, 2.75) is 40.0 Å². The molecule has 1 N–H and O–H groups in total. The smallest absolute Gasteiger partial charge is 0.122 e. The highest BCUT2D eigenvalue weighted by atomic mass is 14.9. The van der Waals surface area contributed by atoms with Crippen LogP contribution in [-0.2, 0) is 0 Å². The molecule has 0 amide bonds. The Bertz CT molecular complexity index is 131. The Kier molecular flexibility index (Phi) is 2.47. The highest BCUT2D eigenvalue weighted by Gasteiger charge is 2.19. The molecule has 0 saturated carbocycles. The lowest BCUT2D eigenvalue weighted by molar-refractivity contribution is 0.248. The number of rotatable bonds is 1. The lowest BCUT2D eigenvalue weighted by atomic mass is 9.81. The van der Waals surface area contributed by atoms with E-state index in [1.165, 1.54) is 19.3 Å². The van der Waals surface area contributed by atoms with Crippen molar-refractivity contribution in [3.05, 3.63) is 0 Å². The van der Waals surface area contributed by atoms with E-state index in [4.69, 9.17) is 1.41 Å². The molecule has 0 aromatic rings. The minimum atomic E-state index is 0.467. The molecule has 0 bridgehead atoms. The average Bonchev–Trinajstić information content (AvgIpc) is 1.91. The van der Waals surface area contributed by atoms with E-state index in [-0.39, 0.29) is 0 Å². The SMILES string of the molecule is [2H]N1CCC(CC(C)(C)C)CC1. The molecular weight excluding hydrogens is 134 g/mol. The van der Waals surface area contributed by atoms with Crippen molar-refractivity contribution < 1.29 is 1.41 Å². The summed E-state index contributed by atoms with van der Waals surface area (Å²) in [6.45, 7) is 8.86. The van der Waals surface area contributed by atoms with Gasteiger partial charge < -0.3 is 5.31 Å². The van der Waals surface area contributed by atoms with Gasteiger partial charge in [0.15, 0.2) is 0 Å². The van der Waals surface area contributed by atoms with Gasteiger partial charge in [0.1, 0.15) is 1.41 Å². The monoisotopic (exact) mass is 156 g/mol. The maximum Gasteiger partial charge on any atom is 0.122 e. The quantitative estimate of drug-likeness (QED) is 0.615. The van der Waals surface area contributed by atoms with Crippen LogP contribution >= 0.6 is 0 Å². The third-order valence-corrected chi connectivity index (χ3v) is 2.29. The Balaban J connectivity index is 2.26. The lowest BCUT2D eigenvalue weighted by Gasteiger charge is -2.29. The van der Waals surface area contributed by atoms with Gasteiger partial charge in [-0.2, -0.15) is 0 Å². The van der Waals surface area contributed by atoms with Crippen molar-refractivity contribution >= 4 is 0 Å². The van der Waals surface area contributed by atoms with Gasteiger partial charge in [0.05, 0.1) is 0 Å². The summed E-state index contributed by atoms with van der Waals surface area (Å²) in [7, 11) is 0. The molecule has 1 heteroatoms. The van der Waals surface area contributed by atoms with Gasteiger partial charge >= 0.3 is 0 Å². The number of piperidine rings is 1. The van der Waals surface area contributed by atoms with Gasteiger partial charge in [-0.1, -0.05) is 20.8 Å². The maximum absolute atomic E-state index is 7.43. The highest BCUT2D eigenvalue weighted by molar-refractivity contribution is 4.74. The molecule has 0 aromatic heterocycles. The van der Waals surface area contributed by atoms with Gasteiger partial charge in [0, 0.05) is 0 Å². The van der Waals surface area contributed by atoms with Crippen LogP contribution in [0.5, 0.6) is 0 Å². The van der Waals surface area contributed by atoms with E-state index in [0.717, 1.165) is 19.0 Å². The highest BCUT2D eigenvalue weighted by Crippen LogP contribution is 2.28. The minimum Gasteiger partial charge on any atom is -0.317 e. The Morgan fingerprint density at radius 2 is 1.91 bits per heavy atom. The van der Waals surface area contributed by atoms with Crippen molar-refractivity contribution in [3.8, 4) is 0 Å². The summed E-state index contributed by atoms with van der Waals surface area (Å²) in [5.41, 5.74) is 0.467. The van der Waals surface area contributed by atoms with E-state index in [1.54, 1.807) is 5.31 Å². The Morgan fingerprint density at radius 3 is 2.36 bits per heavy atom. The van der Waals surface area contributed by atoms with E-state index in [9.17, 15) is 0 Å². The molecule has 0 aliphatic carbocycles. The summed E-state index contributed by atoms with van der Waals surface area (Å²) in [5, 5.41) is 1.69. The van der Waals surface area contributed by atoms with Crippen molar-refractivity contribution in [1.29, 1.82) is 0 Å². The topological polar surface area (TPSA) is 12.0 Å². The molecule has 1 fully saturated rings. The third kappa shape index (κ3) is 3.76. The van der Waals surface area contributed by atoms with Crippen LogP contribution in [0.25, 0.3) is 0 Å². The summed E-state index contributed by atoms with van der Waals surface area (Å²) >= 11 is 0. The minimum absolute atomic E-state index is 0.467. The fourth-order valence-corrected chi connectivity index (χ4v) is 1.87. The van der Waals surface area contributed by atoms with Crippen LogP contribution in [0.15, 0.2) is 0 Å². The summed E-state index contributed by atoms with van der Waals surface area (Å²) in [4.78, 5) is 0. The van der Waals surface area contributed by atoms with Gasteiger partial charge in [-0.25, -0.2) is 0 Å². The van der Waals surface area contributed by atoms with Crippen LogP contribution in [0.2, 0.25) is 1.41 Å². The zero-order valence-electron chi connectivity index (χ0n) is 9.06. The molecule has 1 heterocycles. The molecule has 0 atom stereocenters. The predicted octanol–water partition coefficient (Wildman–Crippen LogP) is 2.42. The van der Waals surface area contributed by atoms with Crippen LogP contribution < -0.4 is 5.31 Å². The normalized spacial score (nSPS) is 25.2. The third-order valence-electron chi connectivity index (χ3n) is 2.29. The van der Waals surface area contributed by atoms with Gasteiger partial charge in [-0.05, 0) is 43.7 Å². The van der Waals surface area contributed by atoms with Crippen LogP contribution in [0.4, 0.5) is 0 Å². The second-order valence-electron chi connectivity index (χ2n) is 4.88. The second kappa shape index (κ2) is 3.57. The summed E-state index contributed by atoms with van der Waals surface area (Å²) < 4.78 is 7.43. The first-order valence-electron chi connectivity index (χ1n) is 5.16. The van der Waals surface area contributed by atoms with E-state index in [2.05, 4.69) is 20.8 Å². The molecule has 1 rings (SSSR count). The molecule has 11 heavy (non-hydrogen) atoms. The molecule has 0 spiro atoms. The standard InChI is InChI=1S/C10H21N/c1-10(2,3)8-9-4-6-11-7-5-9/h9,11H,4-8H2,1-3H3/i/hD. The Morgan fingerprint density at radius 1 is 1.36 bits per heavy atom. The van der Waals surface area contributed by atoms with Crippen LogP contribution in [-0.4, -0.2) is 13.1 Å². The van der Waals surface area contributed by atoms with E-state index in [0.29, 0.717) is 5.41 Å². The predicted molar refractivity (Wildman–Crippen MR) is 49.7 cm³/mol. The molecule has 66 valence electrons. The van der Waals surface area contributed by atoms with Crippen molar-refractivity contribution in [1.82, 2.24) is 5.31 Å². The van der Waals surface area contributed by atoms with E-state index in [1.807, 2.05) is 0 Å². The van der Waals surface area contributed by atoms with E-state index < -0.39 is 0 Å². The summed E-state index contributed by atoms with van der Waals surface area (Å²) in [5.74, 6) is 0.867. The van der Waals surface area contributed by atoms with Crippen LogP contribution in [0.3, 0.4) is 0 Å². The zero-order valence-corrected chi connectivity index (χ0v) is 8.06. The van der Waals surface area contributed by atoms with Crippen LogP contribution in [0, 0.1) is 11.3 Å². The Hall–Kier alpha value is -0.0400. The lowest BCUT2D eigenvalue weighted by Crippen LogP contribution is -2.29. The summed E-state index contributed by atoms with van der Waals surface area (Å²) in [6.07, 6.45) is 3.77. The largest absolute Gasteiger partial charge is 0.317 e. The molecule has 0 unspecified atom stereocenters. The molecule has 0 radical (unpaired) electrons. The molecular formula is C10H21N. The molecule has 1 saturated heterocycles. The van der Waals surface area contributed by atoms with Crippen molar-refractivity contribution in [3.63, 3.8) is 0 Å². The molecule has 0 aromatic carbocycles. The van der Waals surface area contributed by atoms with Crippen molar-refractivity contribution in [2.75, 3.05) is 13.1 Å². The molecule has 1 nitrogen and oxygen atoms in total.